The first-order chi connectivity index (χ1) is 11.2. The Hall–Kier alpha value is -1.99. The Kier molecular flexibility index (Phi) is 5.56. The third kappa shape index (κ3) is 4.10. The van der Waals surface area contributed by atoms with Gasteiger partial charge in [-0.1, -0.05) is 26.0 Å². The van der Waals surface area contributed by atoms with E-state index in [0.717, 1.165) is 17.7 Å². The molecule has 0 fully saturated rings. The lowest BCUT2D eigenvalue weighted by atomic mass is 9.97. The highest BCUT2D eigenvalue weighted by molar-refractivity contribution is 7.89. The number of benzene rings is 2. The van der Waals surface area contributed by atoms with Gasteiger partial charge in [0.25, 0.3) is 0 Å². The van der Waals surface area contributed by atoms with Crippen LogP contribution in [0.4, 0.5) is 8.78 Å². The van der Waals surface area contributed by atoms with E-state index in [4.69, 9.17) is 4.74 Å². The van der Waals surface area contributed by atoms with Gasteiger partial charge in [0.1, 0.15) is 5.75 Å². The molecule has 2 aromatic carbocycles. The molecule has 2 rings (SSSR count). The quantitative estimate of drug-likeness (QED) is 0.861. The van der Waals surface area contributed by atoms with Gasteiger partial charge in [-0.15, -0.1) is 0 Å². The van der Waals surface area contributed by atoms with Crippen LogP contribution in [0.25, 0.3) is 0 Å². The summed E-state index contributed by atoms with van der Waals surface area (Å²) in [4.78, 5) is -0.319. The molecule has 0 saturated carbocycles. The Bertz CT molecular complexity index is 805. The number of ether oxygens (including phenoxy) is 1. The van der Waals surface area contributed by atoms with E-state index in [-0.39, 0.29) is 10.8 Å². The van der Waals surface area contributed by atoms with Crippen LogP contribution in [0.5, 0.6) is 5.75 Å². The number of hydrogen-bond donors (Lipinski definition) is 1. The third-order valence-electron chi connectivity index (χ3n) is 3.63. The molecule has 24 heavy (non-hydrogen) atoms. The molecule has 0 radical (unpaired) electrons. The number of halogens is 2. The summed E-state index contributed by atoms with van der Waals surface area (Å²) in [7, 11) is -2.45. The molecule has 0 saturated heterocycles. The molecule has 0 spiro atoms. The first-order valence-corrected chi connectivity index (χ1v) is 8.84. The first-order valence-electron chi connectivity index (χ1n) is 7.36. The second-order valence-electron chi connectivity index (χ2n) is 5.69. The van der Waals surface area contributed by atoms with E-state index in [1.807, 2.05) is 13.8 Å². The standard InChI is InChI=1S/C17H19F2NO3S/c1-11(2)17(12-4-6-13(23-3)7-5-12)20-24(21,22)14-8-9-15(18)16(19)10-14/h4-11,17,20H,1-3H3. The van der Waals surface area contributed by atoms with E-state index < -0.39 is 27.7 Å². The van der Waals surface area contributed by atoms with Gasteiger partial charge in [-0.25, -0.2) is 21.9 Å². The Morgan fingerprint density at radius 3 is 2.12 bits per heavy atom. The Balaban J connectivity index is 2.33. The van der Waals surface area contributed by atoms with Crippen molar-refractivity contribution in [3.05, 3.63) is 59.7 Å². The SMILES string of the molecule is COc1ccc(C(NS(=O)(=O)c2ccc(F)c(F)c2)C(C)C)cc1. The van der Waals surface area contributed by atoms with Crippen LogP contribution in [0.1, 0.15) is 25.5 Å². The van der Waals surface area contributed by atoms with Crippen molar-refractivity contribution in [3.8, 4) is 5.75 Å². The number of methoxy groups -OCH3 is 1. The molecular formula is C17H19F2NO3S. The van der Waals surface area contributed by atoms with Crippen LogP contribution in [-0.4, -0.2) is 15.5 Å². The molecule has 1 unspecified atom stereocenters. The van der Waals surface area contributed by atoms with Gasteiger partial charge in [-0.2, -0.15) is 0 Å². The zero-order chi connectivity index (χ0) is 17.9. The van der Waals surface area contributed by atoms with E-state index in [2.05, 4.69) is 4.72 Å². The fraction of sp³-hybridized carbons (Fsp3) is 0.294. The number of nitrogens with one attached hydrogen (secondary N) is 1. The molecule has 0 bridgehead atoms. The van der Waals surface area contributed by atoms with E-state index in [1.165, 1.54) is 0 Å². The third-order valence-corrected chi connectivity index (χ3v) is 5.06. The molecule has 4 nitrogen and oxygen atoms in total. The normalized spacial score (nSPS) is 13.1. The number of hydrogen-bond acceptors (Lipinski definition) is 3. The van der Waals surface area contributed by atoms with Gasteiger partial charge in [0.05, 0.1) is 12.0 Å². The summed E-state index contributed by atoms with van der Waals surface area (Å²) in [6.45, 7) is 3.73. The first kappa shape index (κ1) is 18.4. The highest BCUT2D eigenvalue weighted by atomic mass is 32.2. The lowest BCUT2D eigenvalue weighted by molar-refractivity contribution is 0.413. The summed E-state index contributed by atoms with van der Waals surface area (Å²) in [5, 5.41) is 0. The predicted molar refractivity (Wildman–Crippen MR) is 87.3 cm³/mol. The average molecular weight is 355 g/mol. The second kappa shape index (κ2) is 7.27. The predicted octanol–water partition coefficient (Wildman–Crippen LogP) is 3.65. The molecule has 1 atom stereocenters. The molecule has 0 aliphatic heterocycles. The molecule has 0 aliphatic rings. The minimum Gasteiger partial charge on any atom is -0.497 e. The molecular weight excluding hydrogens is 336 g/mol. The van der Waals surface area contributed by atoms with Crippen LogP contribution < -0.4 is 9.46 Å². The molecule has 0 amide bonds. The average Bonchev–Trinajstić information content (AvgIpc) is 2.55. The van der Waals surface area contributed by atoms with Gasteiger partial charge in [-0.3, -0.25) is 0 Å². The molecule has 1 N–H and O–H groups in total. The minimum atomic E-state index is -4.00. The summed E-state index contributed by atoms with van der Waals surface area (Å²) < 4.78 is 58.9. The van der Waals surface area contributed by atoms with Crippen molar-refractivity contribution in [1.29, 1.82) is 0 Å². The van der Waals surface area contributed by atoms with Crippen molar-refractivity contribution in [2.75, 3.05) is 7.11 Å². The van der Waals surface area contributed by atoms with Crippen LogP contribution in [0.2, 0.25) is 0 Å². The smallest absolute Gasteiger partial charge is 0.241 e. The van der Waals surface area contributed by atoms with Crippen molar-refractivity contribution in [3.63, 3.8) is 0 Å². The number of sulfonamides is 1. The van der Waals surface area contributed by atoms with Crippen molar-refractivity contribution in [1.82, 2.24) is 4.72 Å². The lowest BCUT2D eigenvalue weighted by Gasteiger charge is -2.23. The largest absolute Gasteiger partial charge is 0.497 e. The molecule has 0 aliphatic carbocycles. The van der Waals surface area contributed by atoms with Gasteiger partial charge < -0.3 is 4.74 Å². The zero-order valence-electron chi connectivity index (χ0n) is 13.6. The van der Waals surface area contributed by atoms with E-state index in [9.17, 15) is 17.2 Å². The molecule has 7 heteroatoms. The van der Waals surface area contributed by atoms with Crippen molar-refractivity contribution in [2.45, 2.75) is 24.8 Å². The minimum absolute atomic E-state index is 0.0570. The molecule has 0 heterocycles. The van der Waals surface area contributed by atoms with Gasteiger partial charge in [0.2, 0.25) is 10.0 Å². The van der Waals surface area contributed by atoms with Gasteiger partial charge in [-0.05, 0) is 41.8 Å². The summed E-state index contributed by atoms with van der Waals surface area (Å²) in [5.74, 6) is -1.70. The fourth-order valence-electron chi connectivity index (χ4n) is 2.28. The summed E-state index contributed by atoms with van der Waals surface area (Å²) in [6.07, 6.45) is 0. The Labute approximate surface area is 140 Å². The highest BCUT2D eigenvalue weighted by Gasteiger charge is 2.24. The van der Waals surface area contributed by atoms with Crippen molar-refractivity contribution < 1.29 is 21.9 Å². The van der Waals surface area contributed by atoms with Crippen LogP contribution in [0.15, 0.2) is 47.4 Å². The second-order valence-corrected chi connectivity index (χ2v) is 7.41. The van der Waals surface area contributed by atoms with Crippen LogP contribution in [0.3, 0.4) is 0 Å². The van der Waals surface area contributed by atoms with Gasteiger partial charge >= 0.3 is 0 Å². The maximum Gasteiger partial charge on any atom is 0.241 e. The Morgan fingerprint density at radius 2 is 1.62 bits per heavy atom. The monoisotopic (exact) mass is 355 g/mol. The van der Waals surface area contributed by atoms with E-state index in [1.54, 1.807) is 31.4 Å². The van der Waals surface area contributed by atoms with Gasteiger partial charge in [0, 0.05) is 6.04 Å². The van der Waals surface area contributed by atoms with E-state index in [0.29, 0.717) is 11.8 Å². The summed E-state index contributed by atoms with van der Waals surface area (Å²) in [5.41, 5.74) is 0.747. The Morgan fingerprint density at radius 1 is 1.00 bits per heavy atom. The van der Waals surface area contributed by atoms with Crippen LogP contribution >= 0.6 is 0 Å². The van der Waals surface area contributed by atoms with Crippen molar-refractivity contribution in [2.24, 2.45) is 5.92 Å². The summed E-state index contributed by atoms with van der Waals surface area (Å²) >= 11 is 0. The fourth-order valence-corrected chi connectivity index (χ4v) is 3.66. The van der Waals surface area contributed by atoms with Gasteiger partial charge in [0.15, 0.2) is 11.6 Å². The summed E-state index contributed by atoms with van der Waals surface area (Å²) in [6, 6.07) is 8.97. The van der Waals surface area contributed by atoms with Crippen LogP contribution in [0, 0.1) is 17.6 Å². The van der Waals surface area contributed by atoms with E-state index >= 15 is 0 Å². The number of rotatable bonds is 6. The maximum absolute atomic E-state index is 13.3. The van der Waals surface area contributed by atoms with Crippen LogP contribution in [-0.2, 0) is 10.0 Å². The zero-order valence-corrected chi connectivity index (χ0v) is 14.4. The van der Waals surface area contributed by atoms with Crippen molar-refractivity contribution >= 4 is 10.0 Å². The lowest BCUT2D eigenvalue weighted by Crippen LogP contribution is -2.32. The molecule has 0 aromatic heterocycles. The molecule has 2 aromatic rings. The maximum atomic E-state index is 13.3. The molecule has 130 valence electrons. The topological polar surface area (TPSA) is 55.4 Å². The highest BCUT2D eigenvalue weighted by Crippen LogP contribution is 2.26.